The third-order valence-electron chi connectivity index (χ3n) is 2.19. The van der Waals surface area contributed by atoms with E-state index >= 15 is 0 Å². The highest BCUT2D eigenvalue weighted by Gasteiger charge is 2.16. The monoisotopic (exact) mass is 206 g/mol. The number of para-hydroxylation sites is 1. The van der Waals surface area contributed by atoms with Crippen LogP contribution in [0, 0.1) is 0 Å². The first kappa shape index (κ1) is 9.67. The van der Waals surface area contributed by atoms with E-state index in [0.29, 0.717) is 5.69 Å². The van der Waals surface area contributed by atoms with Crippen molar-refractivity contribution in [2.75, 3.05) is 0 Å². The number of benzene rings is 1. The first-order valence-electron chi connectivity index (χ1n) is 4.51. The van der Waals surface area contributed by atoms with Gasteiger partial charge in [0, 0.05) is 5.39 Å². The van der Waals surface area contributed by atoms with Gasteiger partial charge in [-0.25, -0.2) is 0 Å². The number of aliphatic hydroxyl groups is 1. The molecule has 1 aromatic carbocycles. The Morgan fingerprint density at radius 2 is 2.20 bits per heavy atom. The number of carboxylic acids is 1. The summed E-state index contributed by atoms with van der Waals surface area (Å²) in [5.41, 5.74) is 1.17. The zero-order valence-electron chi connectivity index (χ0n) is 7.84. The van der Waals surface area contributed by atoms with Crippen LogP contribution in [0.1, 0.15) is 18.2 Å². The van der Waals surface area contributed by atoms with Gasteiger partial charge in [0.25, 0.3) is 0 Å². The molecule has 0 aliphatic heterocycles. The van der Waals surface area contributed by atoms with Crippen LogP contribution < -0.4 is 0 Å². The fourth-order valence-corrected chi connectivity index (χ4v) is 1.50. The summed E-state index contributed by atoms with van der Waals surface area (Å²) in [6, 6.07) is 7.23. The second-order valence-electron chi connectivity index (χ2n) is 3.27. The predicted octanol–water partition coefficient (Wildman–Crippen LogP) is 1.07. The molecule has 1 heterocycles. The number of aromatic amines is 1. The standard InChI is InChI=1S/C10H10N2O3/c13-8(5-9(14)15)10-6-3-1-2-4-7(6)11-12-10/h1-4,8,13H,5H2,(H,11,12)(H,14,15)/t8-/m1/s1. The second-order valence-corrected chi connectivity index (χ2v) is 3.27. The Morgan fingerprint density at radius 1 is 1.47 bits per heavy atom. The molecule has 0 saturated carbocycles. The molecule has 0 radical (unpaired) electrons. The summed E-state index contributed by atoms with van der Waals surface area (Å²) in [4.78, 5) is 10.4. The maximum absolute atomic E-state index is 10.4. The van der Waals surface area contributed by atoms with Crippen molar-refractivity contribution in [2.24, 2.45) is 0 Å². The Balaban J connectivity index is 2.39. The fourth-order valence-electron chi connectivity index (χ4n) is 1.50. The first-order valence-corrected chi connectivity index (χ1v) is 4.51. The number of hydrogen-bond acceptors (Lipinski definition) is 3. The lowest BCUT2D eigenvalue weighted by Gasteiger charge is -2.04. The number of fused-ring (bicyclic) bond motifs is 1. The zero-order chi connectivity index (χ0) is 10.8. The number of aromatic nitrogens is 2. The molecule has 0 bridgehead atoms. The van der Waals surface area contributed by atoms with E-state index in [9.17, 15) is 9.90 Å². The van der Waals surface area contributed by atoms with Gasteiger partial charge in [0.15, 0.2) is 0 Å². The molecule has 5 nitrogen and oxygen atoms in total. The third kappa shape index (κ3) is 1.82. The minimum atomic E-state index is -1.05. The van der Waals surface area contributed by atoms with Gasteiger partial charge in [-0.3, -0.25) is 9.89 Å². The maximum atomic E-state index is 10.4. The molecule has 3 N–H and O–H groups in total. The number of aliphatic carboxylic acids is 1. The van der Waals surface area contributed by atoms with Crippen LogP contribution in [0.4, 0.5) is 0 Å². The van der Waals surface area contributed by atoms with Gasteiger partial charge in [-0.15, -0.1) is 0 Å². The minimum absolute atomic E-state index is 0.327. The number of H-pyrrole nitrogens is 1. The number of rotatable bonds is 3. The molecule has 0 aliphatic rings. The van der Waals surface area contributed by atoms with Crippen LogP contribution in [0.3, 0.4) is 0 Å². The lowest BCUT2D eigenvalue weighted by Crippen LogP contribution is -2.06. The summed E-state index contributed by atoms with van der Waals surface area (Å²) in [6.07, 6.45) is -1.37. The molecular formula is C10H10N2O3. The van der Waals surface area contributed by atoms with Crippen LogP contribution in [0.2, 0.25) is 0 Å². The molecule has 0 aliphatic carbocycles. The van der Waals surface area contributed by atoms with Crippen molar-refractivity contribution in [3.8, 4) is 0 Å². The van der Waals surface area contributed by atoms with Gasteiger partial charge in [0.1, 0.15) is 6.10 Å². The number of nitrogens with zero attached hydrogens (tertiary/aromatic N) is 1. The normalized spacial score (nSPS) is 12.9. The van der Waals surface area contributed by atoms with Crippen molar-refractivity contribution in [3.05, 3.63) is 30.0 Å². The van der Waals surface area contributed by atoms with Crippen molar-refractivity contribution < 1.29 is 15.0 Å². The summed E-state index contributed by atoms with van der Waals surface area (Å²) < 4.78 is 0. The van der Waals surface area contributed by atoms with Crippen molar-refractivity contribution in [2.45, 2.75) is 12.5 Å². The zero-order valence-corrected chi connectivity index (χ0v) is 7.84. The smallest absolute Gasteiger partial charge is 0.306 e. The van der Waals surface area contributed by atoms with Crippen LogP contribution in [0.5, 0.6) is 0 Å². The molecule has 2 aromatic rings. The van der Waals surface area contributed by atoms with Crippen LogP contribution >= 0.6 is 0 Å². The van der Waals surface area contributed by atoms with Crippen molar-refractivity contribution in [1.82, 2.24) is 10.2 Å². The van der Waals surface area contributed by atoms with Gasteiger partial charge >= 0.3 is 5.97 Å². The SMILES string of the molecule is O=C(O)C[C@@H](O)c1[nH]nc2ccccc12. The van der Waals surface area contributed by atoms with Crippen LogP contribution in [0.25, 0.3) is 10.9 Å². The van der Waals surface area contributed by atoms with Gasteiger partial charge in [-0.1, -0.05) is 18.2 Å². The number of nitrogens with one attached hydrogen (secondary N) is 1. The van der Waals surface area contributed by atoms with Crippen LogP contribution in [-0.2, 0) is 4.79 Å². The number of aliphatic hydroxyl groups excluding tert-OH is 1. The molecule has 1 aromatic heterocycles. The molecule has 78 valence electrons. The molecule has 5 heteroatoms. The van der Waals surface area contributed by atoms with E-state index in [4.69, 9.17) is 5.11 Å². The van der Waals surface area contributed by atoms with Crippen molar-refractivity contribution >= 4 is 16.9 Å². The predicted molar refractivity (Wildman–Crippen MR) is 53.3 cm³/mol. The summed E-state index contributed by atoms with van der Waals surface area (Å²) >= 11 is 0. The van der Waals surface area contributed by atoms with Crippen molar-refractivity contribution in [1.29, 1.82) is 0 Å². The summed E-state index contributed by atoms with van der Waals surface area (Å²) in [5, 5.41) is 25.6. The van der Waals surface area contributed by atoms with Gasteiger partial charge in [0.2, 0.25) is 0 Å². The molecule has 0 amide bonds. The van der Waals surface area contributed by atoms with E-state index in [1.54, 1.807) is 12.1 Å². The molecule has 15 heavy (non-hydrogen) atoms. The lowest BCUT2D eigenvalue weighted by molar-refractivity contribution is -0.139. The molecular weight excluding hydrogens is 196 g/mol. The number of carboxylic acid groups (broad SMARTS) is 1. The summed E-state index contributed by atoms with van der Waals surface area (Å²) in [6.45, 7) is 0. The molecule has 2 rings (SSSR count). The van der Waals surface area contributed by atoms with Crippen molar-refractivity contribution in [3.63, 3.8) is 0 Å². The van der Waals surface area contributed by atoms with E-state index in [2.05, 4.69) is 10.2 Å². The van der Waals surface area contributed by atoms with Crippen LogP contribution in [0.15, 0.2) is 24.3 Å². The highest BCUT2D eigenvalue weighted by molar-refractivity contribution is 5.82. The van der Waals surface area contributed by atoms with Gasteiger partial charge in [-0.2, -0.15) is 5.10 Å². The van der Waals surface area contributed by atoms with E-state index in [1.165, 1.54) is 0 Å². The Kier molecular flexibility index (Phi) is 2.39. The third-order valence-corrected chi connectivity index (χ3v) is 2.19. The van der Waals surface area contributed by atoms with E-state index < -0.39 is 12.1 Å². The van der Waals surface area contributed by atoms with Gasteiger partial charge in [-0.05, 0) is 6.07 Å². The molecule has 0 unspecified atom stereocenters. The van der Waals surface area contributed by atoms with Gasteiger partial charge in [0.05, 0.1) is 17.6 Å². The Bertz CT molecular complexity index is 492. The molecule has 1 atom stereocenters. The maximum Gasteiger partial charge on any atom is 0.306 e. The lowest BCUT2D eigenvalue weighted by atomic mass is 10.1. The van der Waals surface area contributed by atoms with E-state index in [0.717, 1.165) is 10.9 Å². The fraction of sp³-hybridized carbons (Fsp3) is 0.200. The van der Waals surface area contributed by atoms with E-state index in [-0.39, 0.29) is 6.42 Å². The summed E-state index contributed by atoms with van der Waals surface area (Å²) in [5.74, 6) is -1.04. The second kappa shape index (κ2) is 3.70. The molecule has 0 fully saturated rings. The average Bonchev–Trinajstić information content (AvgIpc) is 2.59. The highest BCUT2D eigenvalue weighted by Crippen LogP contribution is 2.23. The molecule has 0 saturated heterocycles. The number of hydrogen-bond donors (Lipinski definition) is 3. The number of carbonyl (C=O) groups is 1. The minimum Gasteiger partial charge on any atom is -0.481 e. The van der Waals surface area contributed by atoms with Crippen LogP contribution in [-0.4, -0.2) is 26.4 Å². The Hall–Kier alpha value is -1.88. The topological polar surface area (TPSA) is 86.2 Å². The Labute approximate surface area is 85.4 Å². The summed E-state index contributed by atoms with van der Waals surface area (Å²) in [7, 11) is 0. The van der Waals surface area contributed by atoms with Gasteiger partial charge < -0.3 is 10.2 Å². The first-order chi connectivity index (χ1) is 7.18. The quantitative estimate of drug-likeness (QED) is 0.701. The van der Waals surface area contributed by atoms with E-state index in [1.807, 2.05) is 12.1 Å². The highest BCUT2D eigenvalue weighted by atomic mass is 16.4. The Morgan fingerprint density at radius 3 is 2.93 bits per heavy atom. The largest absolute Gasteiger partial charge is 0.481 e. The average molecular weight is 206 g/mol. The molecule has 0 spiro atoms.